The van der Waals surface area contributed by atoms with Gasteiger partial charge in [0.1, 0.15) is 6.10 Å². The Labute approximate surface area is 95.2 Å². The minimum absolute atomic E-state index is 0.198. The second-order valence-corrected chi connectivity index (χ2v) is 3.62. The molecule has 1 aromatic carbocycles. The lowest BCUT2D eigenvalue weighted by atomic mass is 10.1. The van der Waals surface area contributed by atoms with Crippen molar-refractivity contribution in [2.45, 2.75) is 25.9 Å². The molecule has 0 saturated carbocycles. The van der Waals surface area contributed by atoms with Crippen LogP contribution in [0.1, 0.15) is 18.9 Å². The Balaban J connectivity index is 2.50. The van der Waals surface area contributed by atoms with E-state index in [0.29, 0.717) is 18.7 Å². The van der Waals surface area contributed by atoms with E-state index in [1.54, 1.807) is 6.92 Å². The molecule has 0 fully saturated rings. The third kappa shape index (κ3) is 4.34. The fraction of sp³-hybridized carbons (Fsp3) is 0.417. The van der Waals surface area contributed by atoms with E-state index >= 15 is 0 Å². The summed E-state index contributed by atoms with van der Waals surface area (Å²) in [5, 5.41) is 0. The molecule has 0 heterocycles. The molecular formula is C12H15ClO2. The average molecular weight is 227 g/mol. The first-order valence-electron chi connectivity index (χ1n) is 5.05. The summed E-state index contributed by atoms with van der Waals surface area (Å²) in [6.07, 6.45) is 0.847. The van der Waals surface area contributed by atoms with Crippen LogP contribution < -0.4 is 0 Å². The molecule has 0 aliphatic carbocycles. The van der Waals surface area contributed by atoms with Gasteiger partial charge in [0, 0.05) is 12.8 Å². The lowest BCUT2D eigenvalue weighted by molar-refractivity contribution is -0.147. The van der Waals surface area contributed by atoms with Gasteiger partial charge in [0.25, 0.3) is 0 Å². The van der Waals surface area contributed by atoms with E-state index in [-0.39, 0.29) is 12.1 Å². The van der Waals surface area contributed by atoms with Crippen LogP contribution in [-0.4, -0.2) is 18.0 Å². The summed E-state index contributed by atoms with van der Waals surface area (Å²) in [4.78, 5) is 11.1. The van der Waals surface area contributed by atoms with E-state index in [1.165, 1.54) is 0 Å². The molecule has 1 rings (SSSR count). The molecule has 0 amide bonds. The predicted molar refractivity (Wildman–Crippen MR) is 61.0 cm³/mol. The molecule has 0 saturated heterocycles. The van der Waals surface area contributed by atoms with Gasteiger partial charge in [-0.3, -0.25) is 4.79 Å². The van der Waals surface area contributed by atoms with Gasteiger partial charge in [-0.2, -0.15) is 0 Å². The topological polar surface area (TPSA) is 26.3 Å². The molecule has 0 aliphatic heterocycles. The molecule has 15 heavy (non-hydrogen) atoms. The van der Waals surface area contributed by atoms with Crippen molar-refractivity contribution in [2.24, 2.45) is 0 Å². The standard InChI is InChI=1S/C12H15ClO2/c1-2-12(14)15-11(9-13)8-10-6-4-3-5-7-10/h3-7,11H,2,8-9H2,1H3. The summed E-state index contributed by atoms with van der Waals surface area (Å²) in [6.45, 7) is 1.77. The zero-order valence-corrected chi connectivity index (χ0v) is 9.54. The van der Waals surface area contributed by atoms with E-state index in [9.17, 15) is 4.79 Å². The minimum atomic E-state index is -0.221. The summed E-state index contributed by atoms with van der Waals surface area (Å²) in [5.41, 5.74) is 1.13. The van der Waals surface area contributed by atoms with E-state index in [0.717, 1.165) is 5.56 Å². The Kier molecular flexibility index (Phi) is 5.19. The van der Waals surface area contributed by atoms with E-state index in [1.807, 2.05) is 30.3 Å². The number of benzene rings is 1. The Morgan fingerprint density at radius 3 is 2.60 bits per heavy atom. The molecule has 0 radical (unpaired) electrons. The number of halogens is 1. The van der Waals surface area contributed by atoms with Crippen molar-refractivity contribution in [3.8, 4) is 0 Å². The fourth-order valence-corrected chi connectivity index (χ4v) is 1.45. The zero-order valence-electron chi connectivity index (χ0n) is 8.78. The number of ether oxygens (including phenoxy) is 1. The number of esters is 1. The van der Waals surface area contributed by atoms with Crippen LogP contribution in [0.5, 0.6) is 0 Å². The second kappa shape index (κ2) is 6.46. The minimum Gasteiger partial charge on any atom is -0.461 e. The number of carbonyl (C=O) groups is 1. The van der Waals surface area contributed by atoms with Crippen LogP contribution in [0.3, 0.4) is 0 Å². The molecule has 82 valence electrons. The number of hydrogen-bond acceptors (Lipinski definition) is 2. The first-order chi connectivity index (χ1) is 7.26. The van der Waals surface area contributed by atoms with Crippen LogP contribution in [0.4, 0.5) is 0 Å². The van der Waals surface area contributed by atoms with Crippen LogP contribution in [-0.2, 0) is 16.0 Å². The molecule has 0 bridgehead atoms. The Hall–Kier alpha value is -1.02. The SMILES string of the molecule is CCC(=O)OC(CCl)Cc1ccccc1. The molecule has 1 atom stereocenters. The van der Waals surface area contributed by atoms with E-state index < -0.39 is 0 Å². The zero-order chi connectivity index (χ0) is 11.1. The summed E-state index contributed by atoms with van der Waals surface area (Å²) < 4.78 is 5.18. The summed E-state index contributed by atoms with van der Waals surface area (Å²) in [6, 6.07) is 9.88. The molecule has 0 N–H and O–H groups in total. The molecule has 3 heteroatoms. The number of hydrogen-bond donors (Lipinski definition) is 0. The van der Waals surface area contributed by atoms with Crippen molar-refractivity contribution in [1.29, 1.82) is 0 Å². The van der Waals surface area contributed by atoms with Crippen LogP contribution >= 0.6 is 11.6 Å². The van der Waals surface area contributed by atoms with Gasteiger partial charge in [-0.25, -0.2) is 0 Å². The monoisotopic (exact) mass is 226 g/mol. The maximum atomic E-state index is 11.1. The van der Waals surface area contributed by atoms with Crippen molar-refractivity contribution < 1.29 is 9.53 Å². The predicted octanol–water partition coefficient (Wildman–Crippen LogP) is 2.79. The van der Waals surface area contributed by atoms with Crippen LogP contribution in [0.25, 0.3) is 0 Å². The van der Waals surface area contributed by atoms with Gasteiger partial charge in [0.2, 0.25) is 0 Å². The van der Waals surface area contributed by atoms with Gasteiger partial charge in [-0.05, 0) is 5.56 Å². The Morgan fingerprint density at radius 2 is 2.07 bits per heavy atom. The molecule has 2 nitrogen and oxygen atoms in total. The number of alkyl halides is 1. The van der Waals surface area contributed by atoms with E-state index in [2.05, 4.69) is 0 Å². The van der Waals surface area contributed by atoms with Crippen LogP contribution in [0.2, 0.25) is 0 Å². The number of rotatable bonds is 5. The highest BCUT2D eigenvalue weighted by Crippen LogP contribution is 2.08. The van der Waals surface area contributed by atoms with Gasteiger partial charge in [-0.15, -0.1) is 11.6 Å². The van der Waals surface area contributed by atoms with Gasteiger partial charge < -0.3 is 4.74 Å². The lowest BCUT2D eigenvalue weighted by Crippen LogP contribution is -2.21. The fourth-order valence-electron chi connectivity index (χ4n) is 1.27. The average Bonchev–Trinajstić information content (AvgIpc) is 2.29. The highest BCUT2D eigenvalue weighted by molar-refractivity contribution is 6.18. The maximum absolute atomic E-state index is 11.1. The Morgan fingerprint density at radius 1 is 1.40 bits per heavy atom. The third-order valence-corrected chi connectivity index (χ3v) is 2.41. The first-order valence-corrected chi connectivity index (χ1v) is 5.59. The smallest absolute Gasteiger partial charge is 0.305 e. The van der Waals surface area contributed by atoms with Crippen LogP contribution in [0, 0.1) is 0 Å². The van der Waals surface area contributed by atoms with Crippen LogP contribution in [0.15, 0.2) is 30.3 Å². The highest BCUT2D eigenvalue weighted by atomic mass is 35.5. The summed E-state index contributed by atoms with van der Waals surface area (Å²) in [5.74, 6) is 0.136. The quantitative estimate of drug-likeness (QED) is 0.570. The van der Waals surface area contributed by atoms with Crippen molar-refractivity contribution in [2.75, 3.05) is 5.88 Å². The lowest BCUT2D eigenvalue weighted by Gasteiger charge is -2.14. The van der Waals surface area contributed by atoms with Crippen molar-refractivity contribution in [1.82, 2.24) is 0 Å². The molecule has 1 unspecified atom stereocenters. The highest BCUT2D eigenvalue weighted by Gasteiger charge is 2.12. The maximum Gasteiger partial charge on any atom is 0.305 e. The number of carbonyl (C=O) groups excluding carboxylic acids is 1. The van der Waals surface area contributed by atoms with Gasteiger partial charge in [0.15, 0.2) is 0 Å². The van der Waals surface area contributed by atoms with Crippen molar-refractivity contribution >= 4 is 17.6 Å². The molecule has 0 aliphatic rings. The van der Waals surface area contributed by atoms with Gasteiger partial charge >= 0.3 is 5.97 Å². The summed E-state index contributed by atoms with van der Waals surface area (Å²) >= 11 is 5.74. The first kappa shape index (κ1) is 12.1. The molecule has 1 aromatic rings. The second-order valence-electron chi connectivity index (χ2n) is 3.31. The Bertz CT molecular complexity index is 298. The molecule has 0 aromatic heterocycles. The van der Waals surface area contributed by atoms with Crippen molar-refractivity contribution in [3.63, 3.8) is 0 Å². The molecule has 0 spiro atoms. The largest absolute Gasteiger partial charge is 0.461 e. The van der Waals surface area contributed by atoms with E-state index in [4.69, 9.17) is 16.3 Å². The van der Waals surface area contributed by atoms with Gasteiger partial charge in [-0.1, -0.05) is 37.3 Å². The summed E-state index contributed by atoms with van der Waals surface area (Å²) in [7, 11) is 0. The normalized spacial score (nSPS) is 12.1. The van der Waals surface area contributed by atoms with Gasteiger partial charge in [0.05, 0.1) is 5.88 Å². The third-order valence-electron chi connectivity index (χ3n) is 2.07. The molecular weight excluding hydrogens is 212 g/mol. The van der Waals surface area contributed by atoms with Crippen molar-refractivity contribution in [3.05, 3.63) is 35.9 Å².